The van der Waals surface area contributed by atoms with Crippen LogP contribution in [0.4, 0.5) is 0 Å². The molecule has 0 unspecified atom stereocenters. The van der Waals surface area contributed by atoms with E-state index in [1.54, 1.807) is 19.0 Å². The van der Waals surface area contributed by atoms with Gasteiger partial charge in [0.1, 0.15) is 12.4 Å². The van der Waals surface area contributed by atoms with Crippen molar-refractivity contribution in [1.82, 2.24) is 4.90 Å². The maximum Gasteiger partial charge on any atom is 0.266 e. The maximum absolute atomic E-state index is 12.4. The fourth-order valence-electron chi connectivity index (χ4n) is 2.55. The highest BCUT2D eigenvalue weighted by atomic mass is 32.2. The number of carbonyl (C=O) groups excluding carboxylic acids is 1. The first kappa shape index (κ1) is 16.2. The summed E-state index contributed by atoms with van der Waals surface area (Å²) < 4.78 is 5.67. The summed E-state index contributed by atoms with van der Waals surface area (Å²) in [7, 11) is 3.39. The summed E-state index contributed by atoms with van der Waals surface area (Å²) in [4.78, 5) is 18.7. The molecule has 2 aromatic rings. The lowest BCUT2D eigenvalue weighted by Gasteiger charge is -2.11. The predicted octanol–water partition coefficient (Wildman–Crippen LogP) is 3.38. The molecular formula is C19H16N2O2S. The number of ether oxygens (including phenoxy) is 1. The van der Waals surface area contributed by atoms with Crippen molar-refractivity contribution in [2.45, 2.75) is 0 Å². The summed E-state index contributed by atoms with van der Waals surface area (Å²) in [5.41, 5.74) is 0.852. The van der Waals surface area contributed by atoms with E-state index in [1.807, 2.05) is 42.5 Å². The lowest BCUT2D eigenvalue weighted by molar-refractivity contribution is -0.121. The summed E-state index contributed by atoms with van der Waals surface area (Å²) >= 11 is 1.35. The molecule has 0 aliphatic carbocycles. The molecule has 1 heterocycles. The van der Waals surface area contributed by atoms with Crippen molar-refractivity contribution in [3.63, 3.8) is 0 Å². The molecular weight excluding hydrogens is 320 g/mol. The number of fused-ring (bicyclic) bond motifs is 1. The molecule has 1 saturated heterocycles. The number of hydrogen-bond acceptors (Lipinski definition) is 4. The van der Waals surface area contributed by atoms with Crippen molar-refractivity contribution in [3.05, 3.63) is 46.9 Å². The van der Waals surface area contributed by atoms with E-state index in [2.05, 4.69) is 10.9 Å². The topological polar surface area (TPSA) is 41.9 Å². The third kappa shape index (κ3) is 2.89. The molecule has 1 fully saturated rings. The molecule has 120 valence electrons. The maximum atomic E-state index is 12.4. The molecule has 3 rings (SSSR count). The Kier molecular flexibility index (Phi) is 4.59. The minimum atomic E-state index is -0.0727. The van der Waals surface area contributed by atoms with Crippen molar-refractivity contribution in [2.75, 3.05) is 20.7 Å². The fourth-order valence-corrected chi connectivity index (χ4v) is 3.46. The van der Waals surface area contributed by atoms with Crippen molar-refractivity contribution >= 4 is 39.7 Å². The molecule has 4 nitrogen and oxygen atoms in total. The highest BCUT2D eigenvalue weighted by molar-refractivity contribution is 8.18. The Morgan fingerprint density at radius 3 is 2.83 bits per heavy atom. The van der Waals surface area contributed by atoms with Gasteiger partial charge in [-0.15, -0.1) is 6.42 Å². The number of hydrogen-bond donors (Lipinski definition) is 0. The van der Waals surface area contributed by atoms with Gasteiger partial charge in [0, 0.05) is 19.7 Å². The number of benzene rings is 2. The van der Waals surface area contributed by atoms with E-state index in [0.717, 1.165) is 16.3 Å². The van der Waals surface area contributed by atoms with Crippen LogP contribution < -0.4 is 4.74 Å². The Labute approximate surface area is 145 Å². The second kappa shape index (κ2) is 6.81. The first-order valence-corrected chi connectivity index (χ1v) is 8.19. The minimum Gasteiger partial charge on any atom is -0.480 e. The Bertz CT molecular complexity index is 909. The van der Waals surface area contributed by atoms with E-state index in [-0.39, 0.29) is 12.5 Å². The van der Waals surface area contributed by atoms with Gasteiger partial charge < -0.3 is 4.74 Å². The smallest absolute Gasteiger partial charge is 0.266 e. The third-order valence-corrected chi connectivity index (χ3v) is 4.86. The highest BCUT2D eigenvalue weighted by Crippen LogP contribution is 2.36. The predicted molar refractivity (Wildman–Crippen MR) is 100.0 cm³/mol. The first-order chi connectivity index (χ1) is 11.7. The molecule has 0 aromatic heterocycles. The summed E-state index contributed by atoms with van der Waals surface area (Å²) in [6, 6.07) is 11.8. The number of carbonyl (C=O) groups is 1. The number of terminal acetylenes is 1. The minimum absolute atomic E-state index is 0.0727. The number of amides is 1. The van der Waals surface area contributed by atoms with Gasteiger partial charge in [-0.1, -0.05) is 36.3 Å². The number of aliphatic imine (C=N–C) groups is 1. The average molecular weight is 336 g/mol. The highest BCUT2D eigenvalue weighted by Gasteiger charge is 2.30. The second-order valence-electron chi connectivity index (χ2n) is 5.17. The van der Waals surface area contributed by atoms with Crippen LogP contribution in [0.15, 0.2) is 46.3 Å². The molecule has 24 heavy (non-hydrogen) atoms. The summed E-state index contributed by atoms with van der Waals surface area (Å²) in [5, 5.41) is 2.76. The van der Waals surface area contributed by atoms with Gasteiger partial charge in [-0.3, -0.25) is 14.7 Å². The van der Waals surface area contributed by atoms with Crippen LogP contribution in [-0.2, 0) is 4.79 Å². The zero-order chi connectivity index (χ0) is 17.1. The van der Waals surface area contributed by atoms with Crippen LogP contribution in [0.3, 0.4) is 0 Å². The molecule has 1 aliphatic rings. The molecule has 0 atom stereocenters. The average Bonchev–Trinajstić information content (AvgIpc) is 2.88. The van der Waals surface area contributed by atoms with E-state index in [1.165, 1.54) is 11.8 Å². The van der Waals surface area contributed by atoms with Crippen LogP contribution in [0.1, 0.15) is 5.56 Å². The van der Waals surface area contributed by atoms with Crippen LogP contribution in [0, 0.1) is 12.3 Å². The van der Waals surface area contributed by atoms with Gasteiger partial charge in [-0.25, -0.2) is 0 Å². The van der Waals surface area contributed by atoms with Crippen molar-refractivity contribution < 1.29 is 9.53 Å². The molecule has 2 aromatic carbocycles. The van der Waals surface area contributed by atoms with Gasteiger partial charge in [-0.2, -0.15) is 0 Å². The molecule has 0 radical (unpaired) electrons. The van der Waals surface area contributed by atoms with Gasteiger partial charge in [0.25, 0.3) is 5.91 Å². The fraction of sp³-hybridized carbons (Fsp3) is 0.158. The molecule has 0 spiro atoms. The number of amidine groups is 1. The van der Waals surface area contributed by atoms with E-state index in [9.17, 15) is 4.79 Å². The SMILES string of the molecule is C#CCOc1ccc2ccccc2c1/C=C1/SC(=NC)N(C)C1=O. The van der Waals surface area contributed by atoms with Crippen molar-refractivity contribution in [3.8, 4) is 18.1 Å². The van der Waals surface area contributed by atoms with Gasteiger partial charge in [0.05, 0.1) is 4.91 Å². The Morgan fingerprint density at radius 1 is 1.33 bits per heavy atom. The number of likely N-dealkylation sites (N-methyl/N-ethyl adjacent to an activating group) is 1. The summed E-state index contributed by atoms with van der Waals surface area (Å²) in [5.74, 6) is 3.07. The zero-order valence-electron chi connectivity index (χ0n) is 13.4. The Morgan fingerprint density at radius 2 is 2.12 bits per heavy atom. The standard InChI is InChI=1S/C19H16N2O2S/c1-4-11-23-16-10-9-13-7-5-6-8-14(13)15(16)12-17-18(22)21(3)19(20-2)24-17/h1,5-10,12H,11H2,2-3H3/b17-12+,20-19?. The van der Waals surface area contributed by atoms with Crippen LogP contribution in [0.5, 0.6) is 5.75 Å². The van der Waals surface area contributed by atoms with Crippen LogP contribution in [-0.4, -0.2) is 36.7 Å². The van der Waals surface area contributed by atoms with Crippen LogP contribution in [0.25, 0.3) is 16.8 Å². The quantitative estimate of drug-likeness (QED) is 0.637. The lowest BCUT2D eigenvalue weighted by atomic mass is 10.0. The first-order valence-electron chi connectivity index (χ1n) is 7.38. The van der Waals surface area contributed by atoms with Gasteiger partial charge in [0.2, 0.25) is 0 Å². The van der Waals surface area contributed by atoms with E-state index in [0.29, 0.717) is 15.8 Å². The van der Waals surface area contributed by atoms with Gasteiger partial charge in [0.15, 0.2) is 5.17 Å². The lowest BCUT2D eigenvalue weighted by Crippen LogP contribution is -2.23. The number of thioether (sulfide) groups is 1. The molecule has 0 bridgehead atoms. The zero-order valence-corrected chi connectivity index (χ0v) is 14.3. The van der Waals surface area contributed by atoms with Crippen molar-refractivity contribution in [2.24, 2.45) is 4.99 Å². The van der Waals surface area contributed by atoms with E-state index >= 15 is 0 Å². The molecule has 5 heteroatoms. The molecule has 0 N–H and O–H groups in total. The van der Waals surface area contributed by atoms with Crippen LogP contribution >= 0.6 is 11.8 Å². The van der Waals surface area contributed by atoms with Crippen LogP contribution in [0.2, 0.25) is 0 Å². The number of nitrogens with zero attached hydrogens (tertiary/aromatic N) is 2. The normalized spacial score (nSPS) is 17.7. The van der Waals surface area contributed by atoms with E-state index in [4.69, 9.17) is 11.2 Å². The summed E-state index contributed by atoms with van der Waals surface area (Å²) in [6.45, 7) is 0.178. The molecule has 1 amide bonds. The third-order valence-electron chi connectivity index (χ3n) is 3.71. The van der Waals surface area contributed by atoms with E-state index < -0.39 is 0 Å². The van der Waals surface area contributed by atoms with Gasteiger partial charge >= 0.3 is 0 Å². The molecule has 0 saturated carbocycles. The molecule has 1 aliphatic heterocycles. The summed E-state index contributed by atoms with van der Waals surface area (Å²) in [6.07, 6.45) is 7.17. The Balaban J connectivity index is 2.15. The van der Waals surface area contributed by atoms with Gasteiger partial charge in [-0.05, 0) is 34.7 Å². The largest absolute Gasteiger partial charge is 0.480 e. The Hall–Kier alpha value is -2.71. The van der Waals surface area contributed by atoms with Crippen molar-refractivity contribution in [1.29, 1.82) is 0 Å². The number of rotatable bonds is 3. The second-order valence-corrected chi connectivity index (χ2v) is 6.18. The monoisotopic (exact) mass is 336 g/mol.